The van der Waals surface area contributed by atoms with Crippen LogP contribution in [-0.4, -0.2) is 49.0 Å². The second kappa shape index (κ2) is 11.9. The van der Waals surface area contributed by atoms with E-state index in [1.807, 2.05) is 48.5 Å². The molecule has 1 saturated heterocycles. The van der Waals surface area contributed by atoms with E-state index in [0.717, 1.165) is 11.1 Å². The van der Waals surface area contributed by atoms with E-state index in [9.17, 15) is 23.1 Å². The lowest BCUT2D eigenvalue weighted by Gasteiger charge is -2.24. The van der Waals surface area contributed by atoms with Gasteiger partial charge < -0.3 is 15.2 Å². The summed E-state index contributed by atoms with van der Waals surface area (Å²) in [5.41, 5.74) is 2.05. The first-order valence-electron chi connectivity index (χ1n) is 11.9. The Kier molecular flexibility index (Phi) is 8.37. The first-order valence-corrected chi connectivity index (χ1v) is 13.4. The van der Waals surface area contributed by atoms with E-state index in [2.05, 4.69) is 5.32 Å². The van der Waals surface area contributed by atoms with Crippen LogP contribution in [0, 0.1) is 0 Å². The summed E-state index contributed by atoms with van der Waals surface area (Å²) in [6, 6.07) is 23.8. The van der Waals surface area contributed by atoms with Crippen molar-refractivity contribution in [3.05, 3.63) is 102 Å². The number of carboxylic acid groups (broad SMARTS) is 1. The normalized spacial score (nSPS) is 16.3. The Balaban J connectivity index is 1.42. The lowest BCUT2D eigenvalue weighted by molar-refractivity contribution is -0.130. The molecule has 0 aromatic heterocycles. The Labute approximate surface area is 216 Å². The molecule has 8 nitrogen and oxygen atoms in total. The van der Waals surface area contributed by atoms with Crippen LogP contribution in [0.3, 0.4) is 0 Å². The van der Waals surface area contributed by atoms with Gasteiger partial charge >= 0.3 is 12.1 Å². The van der Waals surface area contributed by atoms with Crippen LogP contribution in [0.2, 0.25) is 0 Å². The first kappa shape index (κ1) is 26.1. The van der Waals surface area contributed by atoms with Gasteiger partial charge in [-0.3, -0.25) is 0 Å². The second-order valence-corrected chi connectivity index (χ2v) is 10.5. The SMILES string of the molecule is O=C(NC[C@@H]1CCCN1S(=O)(=O)c1ccc(/C(=C/c2ccccc2)C(=O)O)cc1)OCc1ccccc1. The van der Waals surface area contributed by atoms with E-state index >= 15 is 0 Å². The number of carboxylic acids is 1. The smallest absolute Gasteiger partial charge is 0.407 e. The number of carbonyl (C=O) groups excluding carboxylic acids is 1. The largest absolute Gasteiger partial charge is 0.478 e. The maximum atomic E-state index is 13.4. The van der Waals surface area contributed by atoms with Crippen molar-refractivity contribution in [2.45, 2.75) is 30.4 Å². The molecule has 3 aromatic carbocycles. The lowest BCUT2D eigenvalue weighted by atomic mass is 10.0. The number of rotatable bonds is 9. The highest BCUT2D eigenvalue weighted by molar-refractivity contribution is 7.89. The number of sulfonamides is 1. The van der Waals surface area contributed by atoms with Crippen molar-refractivity contribution in [3.8, 4) is 0 Å². The molecule has 1 aliphatic rings. The fourth-order valence-electron chi connectivity index (χ4n) is 4.23. The second-order valence-electron chi connectivity index (χ2n) is 8.65. The van der Waals surface area contributed by atoms with Gasteiger partial charge in [-0.1, -0.05) is 72.8 Å². The highest BCUT2D eigenvalue weighted by atomic mass is 32.2. The van der Waals surface area contributed by atoms with Gasteiger partial charge in [-0.2, -0.15) is 4.31 Å². The van der Waals surface area contributed by atoms with Crippen molar-refractivity contribution >= 4 is 33.7 Å². The molecule has 3 aromatic rings. The Morgan fingerprint density at radius 1 is 0.973 bits per heavy atom. The minimum Gasteiger partial charge on any atom is -0.478 e. The molecule has 0 aliphatic carbocycles. The van der Waals surface area contributed by atoms with Gasteiger partial charge in [0.25, 0.3) is 0 Å². The lowest BCUT2D eigenvalue weighted by Crippen LogP contribution is -2.43. The van der Waals surface area contributed by atoms with Gasteiger partial charge in [0.1, 0.15) is 6.61 Å². The predicted octanol–water partition coefficient (Wildman–Crippen LogP) is 4.39. The van der Waals surface area contributed by atoms with Gasteiger partial charge in [0.15, 0.2) is 0 Å². The molecule has 0 spiro atoms. The van der Waals surface area contributed by atoms with Gasteiger partial charge in [0.2, 0.25) is 10.0 Å². The Hall–Kier alpha value is -3.95. The monoisotopic (exact) mass is 520 g/mol. The number of alkyl carbamates (subject to hydrolysis) is 1. The molecule has 4 rings (SSSR count). The van der Waals surface area contributed by atoms with Crippen molar-refractivity contribution in [3.63, 3.8) is 0 Å². The van der Waals surface area contributed by atoms with Crippen LogP contribution < -0.4 is 5.32 Å². The van der Waals surface area contributed by atoms with E-state index in [1.165, 1.54) is 28.6 Å². The Bertz CT molecular complexity index is 1360. The quantitative estimate of drug-likeness (QED) is 0.320. The summed E-state index contributed by atoms with van der Waals surface area (Å²) in [4.78, 5) is 24.1. The van der Waals surface area contributed by atoms with Crippen LogP contribution in [0.1, 0.15) is 29.5 Å². The molecule has 0 saturated carbocycles. The summed E-state index contributed by atoms with van der Waals surface area (Å²) in [5, 5.41) is 12.4. The number of hydrogen-bond acceptors (Lipinski definition) is 5. The number of carbonyl (C=O) groups is 2. The number of amides is 1. The van der Waals surface area contributed by atoms with Gasteiger partial charge in [-0.25, -0.2) is 18.0 Å². The van der Waals surface area contributed by atoms with Crippen molar-refractivity contribution in [2.75, 3.05) is 13.1 Å². The molecule has 1 amide bonds. The zero-order valence-electron chi connectivity index (χ0n) is 20.1. The van der Waals surface area contributed by atoms with Crippen LogP contribution >= 0.6 is 0 Å². The summed E-state index contributed by atoms with van der Waals surface area (Å²) >= 11 is 0. The van der Waals surface area contributed by atoms with E-state index in [0.29, 0.717) is 24.9 Å². The molecule has 192 valence electrons. The van der Waals surface area contributed by atoms with E-state index < -0.39 is 28.1 Å². The molecule has 2 N–H and O–H groups in total. The fraction of sp³-hybridized carbons (Fsp3) is 0.214. The summed E-state index contributed by atoms with van der Waals surface area (Å²) in [6.07, 6.45) is 2.22. The fourth-order valence-corrected chi connectivity index (χ4v) is 5.92. The number of nitrogens with one attached hydrogen (secondary N) is 1. The van der Waals surface area contributed by atoms with Crippen LogP contribution in [0.5, 0.6) is 0 Å². The number of ether oxygens (including phenoxy) is 1. The van der Waals surface area contributed by atoms with E-state index in [-0.39, 0.29) is 23.6 Å². The van der Waals surface area contributed by atoms with E-state index in [1.54, 1.807) is 18.2 Å². The zero-order valence-corrected chi connectivity index (χ0v) is 20.9. The Morgan fingerprint density at radius 2 is 1.62 bits per heavy atom. The van der Waals surface area contributed by atoms with Crippen molar-refractivity contribution in [1.29, 1.82) is 0 Å². The molecule has 0 unspecified atom stereocenters. The average molecular weight is 521 g/mol. The van der Waals surface area contributed by atoms with Gasteiger partial charge in [0, 0.05) is 19.1 Å². The minimum absolute atomic E-state index is 0.0624. The third-order valence-corrected chi connectivity index (χ3v) is 8.10. The Morgan fingerprint density at radius 3 is 2.27 bits per heavy atom. The maximum absolute atomic E-state index is 13.4. The summed E-state index contributed by atoms with van der Waals surface area (Å²) in [6.45, 7) is 0.598. The number of benzene rings is 3. The minimum atomic E-state index is -3.84. The average Bonchev–Trinajstić information content (AvgIpc) is 3.40. The molecular formula is C28H28N2O6S. The topological polar surface area (TPSA) is 113 Å². The zero-order chi connectivity index (χ0) is 26.3. The number of aliphatic carboxylic acids is 1. The molecule has 0 radical (unpaired) electrons. The predicted molar refractivity (Wildman–Crippen MR) is 140 cm³/mol. The third kappa shape index (κ3) is 6.63. The number of hydrogen-bond donors (Lipinski definition) is 2. The molecule has 9 heteroatoms. The standard InChI is InChI=1S/C28H28N2O6S/c31-27(32)26(18-21-8-3-1-4-9-21)23-13-15-25(16-14-23)37(34,35)30-17-7-12-24(30)19-29-28(33)36-20-22-10-5-2-6-11-22/h1-6,8-11,13-16,18,24H,7,12,17,19-20H2,(H,29,33)(H,31,32)/b26-18-/t24-/m0/s1. The molecule has 1 aliphatic heterocycles. The molecule has 37 heavy (non-hydrogen) atoms. The number of nitrogens with zero attached hydrogens (tertiary/aromatic N) is 1. The molecule has 0 bridgehead atoms. The third-order valence-electron chi connectivity index (χ3n) is 6.13. The maximum Gasteiger partial charge on any atom is 0.407 e. The van der Waals surface area contributed by atoms with Crippen LogP contribution in [-0.2, 0) is 26.2 Å². The molecule has 1 atom stereocenters. The van der Waals surface area contributed by atoms with E-state index in [4.69, 9.17) is 4.74 Å². The molecular weight excluding hydrogens is 492 g/mol. The summed E-state index contributed by atoms with van der Waals surface area (Å²) < 4.78 is 33.3. The van der Waals surface area contributed by atoms with Crippen molar-refractivity contribution < 1.29 is 27.9 Å². The van der Waals surface area contributed by atoms with Gasteiger partial charge in [-0.15, -0.1) is 0 Å². The molecule has 1 heterocycles. The van der Waals surface area contributed by atoms with Gasteiger partial charge in [-0.05, 0) is 47.7 Å². The van der Waals surface area contributed by atoms with Crippen molar-refractivity contribution in [2.24, 2.45) is 0 Å². The van der Waals surface area contributed by atoms with Crippen molar-refractivity contribution in [1.82, 2.24) is 9.62 Å². The van der Waals surface area contributed by atoms with Crippen LogP contribution in [0.15, 0.2) is 89.8 Å². The highest BCUT2D eigenvalue weighted by Crippen LogP contribution is 2.27. The van der Waals surface area contributed by atoms with Crippen LogP contribution in [0.25, 0.3) is 11.6 Å². The van der Waals surface area contributed by atoms with Crippen LogP contribution in [0.4, 0.5) is 4.79 Å². The summed E-state index contributed by atoms with van der Waals surface area (Å²) in [7, 11) is -3.84. The highest BCUT2D eigenvalue weighted by Gasteiger charge is 2.35. The summed E-state index contributed by atoms with van der Waals surface area (Å²) in [5.74, 6) is -1.11. The van der Waals surface area contributed by atoms with Gasteiger partial charge in [0.05, 0.1) is 10.5 Å². The molecule has 1 fully saturated rings. The first-order chi connectivity index (χ1) is 17.8.